The molecule has 424 valence electrons. The quantitative estimate of drug-likeness (QED) is 0.0464. The smallest absolute Gasteiger partial charge is 0.326 e. The van der Waals surface area contributed by atoms with E-state index in [0.29, 0.717) is 37.8 Å². The van der Waals surface area contributed by atoms with Crippen LogP contribution in [0.1, 0.15) is 133 Å². The Balaban J connectivity index is 1.83. The van der Waals surface area contributed by atoms with E-state index < -0.39 is 125 Å². The lowest BCUT2D eigenvalue weighted by atomic mass is 9.98. The average Bonchev–Trinajstić information content (AvgIpc) is 3.99. The first kappa shape index (κ1) is 63.7. The first-order chi connectivity index (χ1) is 35.6. The molecule has 3 rings (SSSR count). The van der Waals surface area contributed by atoms with Crippen LogP contribution in [0.2, 0.25) is 0 Å². The number of likely N-dealkylation sites (tertiary alicyclic amines) is 1. The maximum absolute atomic E-state index is 14.3. The van der Waals surface area contributed by atoms with Crippen LogP contribution >= 0.6 is 0 Å². The molecule has 0 saturated carbocycles. The van der Waals surface area contributed by atoms with Crippen molar-refractivity contribution in [2.24, 2.45) is 40.9 Å². The molecule has 2 heterocycles. The second-order valence-electron chi connectivity index (χ2n) is 22.0. The highest BCUT2D eigenvalue weighted by Crippen LogP contribution is 2.24. The van der Waals surface area contributed by atoms with Crippen molar-refractivity contribution in [2.75, 3.05) is 13.1 Å². The molecule has 9 amide bonds. The molecule has 8 atom stereocenters. The summed E-state index contributed by atoms with van der Waals surface area (Å²) >= 11 is 0. The lowest BCUT2D eigenvalue weighted by Gasteiger charge is -2.35. The van der Waals surface area contributed by atoms with Crippen LogP contribution in [0, 0.1) is 23.7 Å². The normalized spacial score (nSPS) is 16.5. The van der Waals surface area contributed by atoms with Crippen LogP contribution in [0.4, 0.5) is 0 Å². The molecule has 1 saturated heterocycles. The van der Waals surface area contributed by atoms with Gasteiger partial charge in [0.2, 0.25) is 53.2 Å². The van der Waals surface area contributed by atoms with Crippen LogP contribution in [-0.2, 0) is 54.4 Å². The fraction of sp³-hybridized carbons (Fsp3) is 0.660. The number of hydrogen-bond donors (Lipinski definition) is 12. The number of nitrogens with two attached hydrogens (primary N) is 3. The Morgan fingerprint density at radius 2 is 1.25 bits per heavy atom. The van der Waals surface area contributed by atoms with Crippen LogP contribution in [0.5, 0.6) is 0 Å². The molecule has 1 fully saturated rings. The highest BCUT2D eigenvalue weighted by Gasteiger charge is 2.44. The van der Waals surface area contributed by atoms with Crippen LogP contribution in [0.25, 0.3) is 10.9 Å². The van der Waals surface area contributed by atoms with Gasteiger partial charge in [0.25, 0.3) is 0 Å². The summed E-state index contributed by atoms with van der Waals surface area (Å²) in [5.41, 5.74) is 17.0. The van der Waals surface area contributed by atoms with Crippen molar-refractivity contribution in [3.05, 3.63) is 36.0 Å². The lowest BCUT2D eigenvalue weighted by molar-refractivity contribution is -0.145. The molecule has 0 bridgehead atoms. The minimum absolute atomic E-state index is 0.0174. The van der Waals surface area contributed by atoms with Gasteiger partial charge in [-0.05, 0) is 101 Å². The van der Waals surface area contributed by atoms with Gasteiger partial charge in [-0.3, -0.25) is 43.2 Å². The number of nitrogens with one attached hydrogen (secondary N) is 8. The monoisotopic (exact) mass is 1070 g/mol. The van der Waals surface area contributed by atoms with Gasteiger partial charge in [0.1, 0.15) is 47.8 Å². The van der Waals surface area contributed by atoms with Crippen molar-refractivity contribution in [3.63, 3.8) is 0 Å². The zero-order valence-corrected chi connectivity index (χ0v) is 46.0. The van der Waals surface area contributed by atoms with Gasteiger partial charge < -0.3 is 69.4 Å². The summed E-state index contributed by atoms with van der Waals surface area (Å²) < 4.78 is 0. The number of rotatable bonds is 31. The van der Waals surface area contributed by atoms with Gasteiger partial charge >= 0.3 is 5.97 Å². The van der Waals surface area contributed by atoms with Gasteiger partial charge in [0.05, 0.1) is 6.04 Å². The van der Waals surface area contributed by atoms with E-state index in [1.165, 1.54) is 18.7 Å². The molecule has 2 aromatic rings. The first-order valence-electron chi connectivity index (χ1n) is 26.5. The molecule has 0 spiro atoms. The summed E-state index contributed by atoms with van der Waals surface area (Å²) in [7, 11) is 0. The van der Waals surface area contributed by atoms with Crippen molar-refractivity contribution < 1.29 is 53.1 Å². The van der Waals surface area contributed by atoms with Crippen LogP contribution in [0.3, 0.4) is 0 Å². The van der Waals surface area contributed by atoms with Crippen molar-refractivity contribution >= 4 is 70.0 Å². The third-order valence-corrected chi connectivity index (χ3v) is 13.3. The first-order valence-corrected chi connectivity index (χ1v) is 26.5. The van der Waals surface area contributed by atoms with Crippen LogP contribution < -0.4 is 54.4 Å². The summed E-state index contributed by atoms with van der Waals surface area (Å²) in [6.45, 7) is 17.5. The second-order valence-corrected chi connectivity index (χ2v) is 22.0. The summed E-state index contributed by atoms with van der Waals surface area (Å²) in [5, 5.41) is 29.5. The van der Waals surface area contributed by atoms with Gasteiger partial charge in [-0.1, -0.05) is 80.0 Å². The number of amides is 9. The van der Waals surface area contributed by atoms with E-state index in [0.717, 1.165) is 10.9 Å². The highest BCUT2D eigenvalue weighted by atomic mass is 16.4. The Bertz CT molecular complexity index is 2350. The number of para-hydroxylation sites is 1. The molecule has 0 aliphatic carbocycles. The third kappa shape index (κ3) is 19.2. The van der Waals surface area contributed by atoms with Crippen LogP contribution in [0.15, 0.2) is 30.5 Å². The van der Waals surface area contributed by atoms with E-state index in [9.17, 15) is 53.1 Å². The van der Waals surface area contributed by atoms with E-state index in [1.54, 1.807) is 47.7 Å². The highest BCUT2D eigenvalue weighted by molar-refractivity contribution is 5.99. The third-order valence-electron chi connectivity index (χ3n) is 13.3. The van der Waals surface area contributed by atoms with Gasteiger partial charge in [-0.2, -0.15) is 0 Å². The number of aromatic nitrogens is 1. The molecule has 76 heavy (non-hydrogen) atoms. The number of nitrogens with zero attached hydrogens (tertiary/aromatic N) is 1. The minimum atomic E-state index is -1.55. The number of carboxylic acid groups (broad SMARTS) is 1. The Morgan fingerprint density at radius 3 is 1.83 bits per heavy atom. The van der Waals surface area contributed by atoms with Gasteiger partial charge in [-0.15, -0.1) is 0 Å². The molecule has 0 unspecified atom stereocenters. The van der Waals surface area contributed by atoms with Crippen molar-refractivity contribution in [2.45, 2.75) is 187 Å². The number of fused-ring (bicyclic) bond motifs is 1. The molecular formula is C53H86N12O11. The number of carboxylic acids is 1. The van der Waals surface area contributed by atoms with E-state index in [-0.39, 0.29) is 56.9 Å². The van der Waals surface area contributed by atoms with Gasteiger partial charge in [0.15, 0.2) is 0 Å². The summed E-state index contributed by atoms with van der Waals surface area (Å²) in [6.07, 6.45) is 3.65. The molecule has 1 aliphatic rings. The van der Waals surface area contributed by atoms with Gasteiger partial charge in [-0.25, -0.2) is 4.79 Å². The minimum Gasteiger partial charge on any atom is -0.480 e. The van der Waals surface area contributed by atoms with E-state index in [2.05, 4.69) is 42.2 Å². The van der Waals surface area contributed by atoms with E-state index in [4.69, 9.17) is 17.2 Å². The van der Waals surface area contributed by atoms with Crippen molar-refractivity contribution in [1.82, 2.24) is 47.1 Å². The molecular weight excluding hydrogens is 981 g/mol. The SMILES string of the molecule is CC(C)C[C@H](NC(=O)[C@H](CCC(N)=O)NC(=O)[C@@H](NC(=O)[C@@H]1CCCN1C(=O)C(C)(C)NC(=O)[C@H](CC(C)C)NC(=O)[C@@H](N)CCCCN)C(C)C)C(=O)N[C@@H](Cc1c[nH]c2ccccc12)C(=O)N[C@H](C(=O)O)C(C)C. The molecule has 23 heteroatoms. The van der Waals surface area contributed by atoms with E-state index >= 15 is 0 Å². The zero-order chi connectivity index (χ0) is 57.2. The van der Waals surface area contributed by atoms with E-state index in [1.807, 2.05) is 38.1 Å². The number of unbranched alkanes of at least 4 members (excludes halogenated alkanes) is 1. The number of carbonyl (C=O) groups excluding carboxylic acids is 9. The molecule has 1 aromatic carbocycles. The number of H-pyrrole nitrogens is 1. The summed E-state index contributed by atoms with van der Waals surface area (Å²) in [6, 6.07) is -2.23. The molecule has 0 radical (unpaired) electrons. The number of benzene rings is 1. The van der Waals surface area contributed by atoms with Gasteiger partial charge in [0, 0.05) is 36.5 Å². The average molecular weight is 1070 g/mol. The maximum Gasteiger partial charge on any atom is 0.326 e. The number of carbonyl (C=O) groups is 10. The number of aromatic amines is 1. The second kappa shape index (κ2) is 29.6. The fourth-order valence-corrected chi connectivity index (χ4v) is 9.06. The predicted octanol–water partition coefficient (Wildman–Crippen LogP) is 0.716. The molecule has 23 nitrogen and oxygen atoms in total. The Labute approximate surface area is 446 Å². The Morgan fingerprint density at radius 1 is 0.697 bits per heavy atom. The number of aliphatic carboxylic acids is 1. The number of hydrogen-bond acceptors (Lipinski definition) is 12. The molecule has 1 aliphatic heterocycles. The van der Waals surface area contributed by atoms with Crippen LogP contribution in [-0.4, -0.2) is 141 Å². The van der Waals surface area contributed by atoms with Crippen molar-refractivity contribution in [3.8, 4) is 0 Å². The topological polar surface area (TPSA) is 372 Å². The summed E-state index contributed by atoms with van der Waals surface area (Å²) in [5.74, 6) is -8.95. The zero-order valence-electron chi connectivity index (χ0n) is 46.0. The Hall–Kier alpha value is -6.62. The maximum atomic E-state index is 14.3. The number of primary amides is 1. The molecule has 1 aromatic heterocycles. The standard InChI is InChI=1S/C53H86N12O11/c1-28(2)24-37(46(69)61-39(47(70)63-43(31(7)8)51(74)75)26-32-27-57-35-18-12-11-16-33(32)35)60-45(68)36(20-21-41(56)66)58-50(73)42(30(5)6)62-49(72)40-19-15-23-65(40)52(76)53(9,10)64-48(71)38(25-29(3)4)59-44(67)34(55)17-13-14-22-54/h11-12,16,18,27-31,34,36-40,42-43,57H,13-15,17,19-26,54-55H2,1-10H3,(H2,56,66)(H,58,73)(H,59,67)(H,60,68)(H,61,69)(H,62,72)(H,63,70)(H,64,71)(H,74,75)/t34-,36-,37-,38-,39-,40-,42-,43-/m0/s1. The molecule has 15 N–H and O–H groups in total. The predicted molar refractivity (Wildman–Crippen MR) is 286 cm³/mol. The Kier molecular flexibility index (Phi) is 24.8. The van der Waals surface area contributed by atoms with Crippen molar-refractivity contribution in [1.29, 1.82) is 0 Å². The summed E-state index contributed by atoms with van der Waals surface area (Å²) in [4.78, 5) is 140. The lowest BCUT2D eigenvalue weighted by Crippen LogP contribution is -2.63. The largest absolute Gasteiger partial charge is 0.480 e. The fourth-order valence-electron chi connectivity index (χ4n) is 9.06.